The number of nitriles is 1. The number of nitrogens with zero attached hydrogens (tertiary/aromatic N) is 1. The van der Waals surface area contributed by atoms with Gasteiger partial charge < -0.3 is 5.32 Å². The van der Waals surface area contributed by atoms with E-state index in [4.69, 9.17) is 5.26 Å². The Labute approximate surface area is 94.4 Å². The average molecular weight is 229 g/mol. The van der Waals surface area contributed by atoms with Crippen LogP contribution >= 0.6 is 23.7 Å². The summed E-state index contributed by atoms with van der Waals surface area (Å²) in [6.07, 6.45) is 3.35. The van der Waals surface area contributed by atoms with Crippen LogP contribution in [0.5, 0.6) is 0 Å². The van der Waals surface area contributed by atoms with E-state index in [0.717, 1.165) is 17.7 Å². The summed E-state index contributed by atoms with van der Waals surface area (Å²) in [4.78, 5) is 0.912. The van der Waals surface area contributed by atoms with Crippen molar-refractivity contribution in [3.8, 4) is 6.07 Å². The predicted molar refractivity (Wildman–Crippen MR) is 61.2 cm³/mol. The zero-order valence-electron chi connectivity index (χ0n) is 8.04. The molecule has 1 atom stereocenters. The minimum atomic E-state index is 0. The van der Waals surface area contributed by atoms with Crippen LogP contribution in [-0.4, -0.2) is 13.1 Å². The summed E-state index contributed by atoms with van der Waals surface area (Å²) in [6.45, 7) is 0. The molecule has 0 amide bonds. The van der Waals surface area contributed by atoms with Gasteiger partial charge in [-0.3, -0.25) is 0 Å². The molecule has 14 heavy (non-hydrogen) atoms. The Kier molecular flexibility index (Phi) is 3.94. The summed E-state index contributed by atoms with van der Waals surface area (Å²) in [6, 6.07) is 2.83. The number of aryl methyl sites for hydroxylation is 1. The van der Waals surface area contributed by atoms with E-state index in [-0.39, 0.29) is 12.4 Å². The summed E-state index contributed by atoms with van der Waals surface area (Å²) in [5.74, 6) is 0. The summed E-state index contributed by atoms with van der Waals surface area (Å²) in [5.41, 5.74) is 2.69. The minimum absolute atomic E-state index is 0. The van der Waals surface area contributed by atoms with Gasteiger partial charge in [0.05, 0.1) is 0 Å². The molecule has 0 saturated heterocycles. The van der Waals surface area contributed by atoms with Crippen molar-refractivity contribution in [1.82, 2.24) is 5.32 Å². The van der Waals surface area contributed by atoms with Gasteiger partial charge in [0.15, 0.2) is 0 Å². The number of nitrogens with one attached hydrogen (secondary N) is 1. The maximum absolute atomic E-state index is 8.88. The highest BCUT2D eigenvalue weighted by atomic mass is 35.5. The first-order valence-corrected chi connectivity index (χ1v) is 5.39. The zero-order valence-corrected chi connectivity index (χ0v) is 9.67. The van der Waals surface area contributed by atoms with E-state index in [9.17, 15) is 0 Å². The lowest BCUT2D eigenvalue weighted by atomic mass is 9.90. The van der Waals surface area contributed by atoms with Crippen molar-refractivity contribution in [3.05, 3.63) is 21.4 Å². The molecule has 1 unspecified atom stereocenters. The molecule has 2 nitrogen and oxygen atoms in total. The molecule has 0 fully saturated rings. The molecule has 1 heterocycles. The normalized spacial score (nSPS) is 19.3. The standard InChI is InChI=1S/C10H12N2S.ClH/c1-12-8-3-2-7-6-13-10(5-11)9(7)4-8;/h6,8,12H,2-4H2,1H3;1H. The first kappa shape index (κ1) is 11.5. The molecule has 0 aliphatic heterocycles. The largest absolute Gasteiger partial charge is 0.317 e. The molecular weight excluding hydrogens is 216 g/mol. The third kappa shape index (κ3) is 1.93. The van der Waals surface area contributed by atoms with Crippen LogP contribution in [0.1, 0.15) is 22.4 Å². The third-order valence-corrected chi connectivity index (χ3v) is 3.68. The smallest absolute Gasteiger partial charge is 0.110 e. The van der Waals surface area contributed by atoms with Crippen LogP contribution in [0.25, 0.3) is 0 Å². The summed E-state index contributed by atoms with van der Waals surface area (Å²) < 4.78 is 0. The molecule has 76 valence electrons. The summed E-state index contributed by atoms with van der Waals surface area (Å²) in [5, 5.41) is 14.3. The molecule has 1 aromatic rings. The first-order valence-electron chi connectivity index (χ1n) is 4.51. The van der Waals surface area contributed by atoms with Crippen molar-refractivity contribution >= 4 is 23.7 Å². The van der Waals surface area contributed by atoms with Crippen LogP contribution in [0.2, 0.25) is 0 Å². The highest BCUT2D eigenvalue weighted by Gasteiger charge is 2.21. The molecule has 4 heteroatoms. The van der Waals surface area contributed by atoms with Crippen molar-refractivity contribution < 1.29 is 0 Å². The molecule has 1 aromatic heterocycles. The number of hydrogen-bond donors (Lipinski definition) is 1. The van der Waals surface area contributed by atoms with E-state index in [1.54, 1.807) is 11.3 Å². The third-order valence-electron chi connectivity index (χ3n) is 2.70. The molecule has 0 radical (unpaired) electrons. The Morgan fingerprint density at radius 2 is 2.43 bits per heavy atom. The fourth-order valence-corrected chi connectivity index (χ4v) is 2.80. The first-order chi connectivity index (χ1) is 6.35. The van der Waals surface area contributed by atoms with E-state index in [1.807, 2.05) is 7.05 Å². The Balaban J connectivity index is 0.000000980. The number of fused-ring (bicyclic) bond motifs is 1. The topological polar surface area (TPSA) is 35.8 Å². The van der Waals surface area contributed by atoms with E-state index < -0.39 is 0 Å². The SMILES string of the molecule is CNC1CCc2csc(C#N)c2C1.Cl. The Bertz CT molecular complexity index is 353. The monoisotopic (exact) mass is 228 g/mol. The molecule has 0 spiro atoms. The van der Waals surface area contributed by atoms with Crippen molar-refractivity contribution in [2.75, 3.05) is 7.05 Å². The van der Waals surface area contributed by atoms with Gasteiger partial charge in [0.2, 0.25) is 0 Å². The second-order valence-electron chi connectivity index (χ2n) is 3.41. The van der Waals surface area contributed by atoms with Gasteiger partial charge in [-0.1, -0.05) is 0 Å². The molecule has 0 saturated carbocycles. The molecule has 1 N–H and O–H groups in total. The second-order valence-corrected chi connectivity index (χ2v) is 4.29. The number of rotatable bonds is 1. The lowest BCUT2D eigenvalue weighted by Crippen LogP contribution is -2.31. The van der Waals surface area contributed by atoms with Gasteiger partial charge in [0, 0.05) is 6.04 Å². The van der Waals surface area contributed by atoms with Crippen molar-refractivity contribution in [3.63, 3.8) is 0 Å². The van der Waals surface area contributed by atoms with Crippen LogP contribution in [0.4, 0.5) is 0 Å². The Morgan fingerprint density at radius 3 is 3.07 bits per heavy atom. The second kappa shape index (κ2) is 4.79. The fourth-order valence-electron chi connectivity index (χ4n) is 1.87. The lowest BCUT2D eigenvalue weighted by Gasteiger charge is -2.21. The van der Waals surface area contributed by atoms with Gasteiger partial charge in [0.25, 0.3) is 0 Å². The van der Waals surface area contributed by atoms with Crippen molar-refractivity contribution in [1.29, 1.82) is 5.26 Å². The number of halogens is 1. The predicted octanol–water partition coefficient (Wildman–Crippen LogP) is 2.12. The highest BCUT2D eigenvalue weighted by Crippen LogP contribution is 2.29. The van der Waals surface area contributed by atoms with E-state index in [1.165, 1.54) is 17.5 Å². The molecule has 0 bridgehead atoms. The Hall–Kier alpha value is -0.560. The van der Waals surface area contributed by atoms with Crippen molar-refractivity contribution in [2.45, 2.75) is 25.3 Å². The Morgan fingerprint density at radius 1 is 1.64 bits per heavy atom. The molecule has 2 rings (SSSR count). The maximum Gasteiger partial charge on any atom is 0.110 e. The van der Waals surface area contributed by atoms with Crippen LogP contribution in [0, 0.1) is 11.3 Å². The summed E-state index contributed by atoms with van der Waals surface area (Å²) in [7, 11) is 1.99. The van der Waals surface area contributed by atoms with Gasteiger partial charge in [-0.2, -0.15) is 5.26 Å². The van der Waals surface area contributed by atoms with Gasteiger partial charge >= 0.3 is 0 Å². The molecule has 1 aliphatic rings. The van der Waals surface area contributed by atoms with Crippen molar-refractivity contribution in [2.24, 2.45) is 0 Å². The van der Waals surface area contributed by atoms with Gasteiger partial charge in [-0.25, -0.2) is 0 Å². The fraction of sp³-hybridized carbons (Fsp3) is 0.500. The highest BCUT2D eigenvalue weighted by molar-refractivity contribution is 7.10. The van der Waals surface area contributed by atoms with Crippen LogP contribution < -0.4 is 5.32 Å². The molecular formula is C10H13ClN2S. The quantitative estimate of drug-likeness (QED) is 0.800. The average Bonchev–Trinajstić information content (AvgIpc) is 2.59. The van der Waals surface area contributed by atoms with E-state index in [0.29, 0.717) is 6.04 Å². The van der Waals surface area contributed by atoms with E-state index in [2.05, 4.69) is 16.8 Å². The number of likely N-dealkylation sites (N-methyl/N-ethyl adjacent to an activating group) is 1. The lowest BCUT2D eigenvalue weighted by molar-refractivity contribution is 0.497. The number of thiophene rings is 1. The number of hydrogen-bond acceptors (Lipinski definition) is 3. The van der Waals surface area contributed by atoms with E-state index >= 15 is 0 Å². The van der Waals surface area contributed by atoms with Crippen LogP contribution in [0.3, 0.4) is 0 Å². The maximum atomic E-state index is 8.88. The molecule has 0 aromatic carbocycles. The van der Waals surface area contributed by atoms with Gasteiger partial charge in [0.1, 0.15) is 10.9 Å². The van der Waals surface area contributed by atoms with Gasteiger partial charge in [-0.05, 0) is 42.8 Å². The zero-order chi connectivity index (χ0) is 9.26. The van der Waals surface area contributed by atoms with Crippen LogP contribution in [0.15, 0.2) is 5.38 Å². The minimum Gasteiger partial charge on any atom is -0.317 e. The van der Waals surface area contributed by atoms with Crippen LogP contribution in [-0.2, 0) is 12.8 Å². The molecule has 1 aliphatic carbocycles. The van der Waals surface area contributed by atoms with Gasteiger partial charge in [-0.15, -0.1) is 23.7 Å². The summed E-state index contributed by atoms with van der Waals surface area (Å²) >= 11 is 1.59.